The number of rotatable bonds is 4. The quantitative estimate of drug-likeness (QED) is 0.886. The average molecular weight is 274 g/mol. The summed E-state index contributed by atoms with van der Waals surface area (Å²) in [6.07, 6.45) is 4.37. The van der Waals surface area contributed by atoms with Crippen molar-refractivity contribution in [2.75, 3.05) is 13.2 Å². The molecule has 0 bridgehead atoms. The first-order chi connectivity index (χ1) is 9.68. The van der Waals surface area contributed by atoms with Crippen LogP contribution in [0.15, 0.2) is 24.3 Å². The predicted octanol–water partition coefficient (Wildman–Crippen LogP) is 2.46. The minimum absolute atomic E-state index is 0.0847. The van der Waals surface area contributed by atoms with Crippen molar-refractivity contribution in [1.29, 1.82) is 0 Å². The van der Waals surface area contributed by atoms with Crippen molar-refractivity contribution in [3.63, 3.8) is 0 Å². The maximum Gasteiger partial charge on any atom is 0.315 e. The molecule has 1 atom stereocenters. The fourth-order valence-corrected chi connectivity index (χ4v) is 2.76. The smallest absolute Gasteiger partial charge is 0.315 e. The summed E-state index contributed by atoms with van der Waals surface area (Å²) in [7, 11) is 0. The van der Waals surface area contributed by atoms with Crippen LogP contribution in [0.5, 0.6) is 0 Å². The highest BCUT2D eigenvalue weighted by Crippen LogP contribution is 2.45. The number of urea groups is 1. The van der Waals surface area contributed by atoms with Gasteiger partial charge < -0.3 is 15.4 Å². The van der Waals surface area contributed by atoms with Gasteiger partial charge in [-0.2, -0.15) is 0 Å². The second kappa shape index (κ2) is 5.44. The summed E-state index contributed by atoms with van der Waals surface area (Å²) in [4.78, 5) is 12.0. The van der Waals surface area contributed by atoms with Crippen molar-refractivity contribution in [1.82, 2.24) is 10.6 Å². The zero-order valence-corrected chi connectivity index (χ0v) is 11.9. The topological polar surface area (TPSA) is 50.4 Å². The van der Waals surface area contributed by atoms with Gasteiger partial charge in [-0.3, -0.25) is 0 Å². The van der Waals surface area contributed by atoms with Crippen LogP contribution in [-0.2, 0) is 10.3 Å². The zero-order valence-electron chi connectivity index (χ0n) is 11.9. The highest BCUT2D eigenvalue weighted by molar-refractivity contribution is 5.75. The van der Waals surface area contributed by atoms with Crippen molar-refractivity contribution in [3.8, 4) is 0 Å². The van der Waals surface area contributed by atoms with E-state index in [1.165, 1.54) is 11.1 Å². The van der Waals surface area contributed by atoms with E-state index in [4.69, 9.17) is 4.74 Å². The fourth-order valence-electron chi connectivity index (χ4n) is 2.76. The molecule has 1 heterocycles. The summed E-state index contributed by atoms with van der Waals surface area (Å²) in [6.45, 7) is 3.50. The van der Waals surface area contributed by atoms with Crippen LogP contribution in [0.1, 0.15) is 36.8 Å². The number of nitrogens with one attached hydrogen (secondary N) is 2. The van der Waals surface area contributed by atoms with E-state index in [-0.39, 0.29) is 17.7 Å². The number of hydrogen-bond acceptors (Lipinski definition) is 2. The average Bonchev–Trinajstić information content (AvgIpc) is 3.03. The van der Waals surface area contributed by atoms with Gasteiger partial charge in [-0.05, 0) is 38.2 Å². The lowest BCUT2D eigenvalue weighted by atomic mass is 10.0. The number of ether oxygens (including phenoxy) is 1. The molecular weight excluding hydrogens is 252 g/mol. The number of amides is 2. The van der Waals surface area contributed by atoms with E-state index in [0.717, 1.165) is 32.3 Å². The molecule has 108 valence electrons. The Morgan fingerprint density at radius 1 is 1.35 bits per heavy atom. The fraction of sp³-hybridized carbons (Fsp3) is 0.562. The predicted molar refractivity (Wildman–Crippen MR) is 77.6 cm³/mol. The summed E-state index contributed by atoms with van der Waals surface area (Å²) in [5, 5.41) is 6.05. The van der Waals surface area contributed by atoms with Crippen LogP contribution in [0, 0.1) is 6.92 Å². The van der Waals surface area contributed by atoms with Crippen LogP contribution in [-0.4, -0.2) is 25.3 Å². The number of hydrogen-bond donors (Lipinski definition) is 2. The minimum Gasteiger partial charge on any atom is -0.376 e. The Labute approximate surface area is 119 Å². The first kappa shape index (κ1) is 13.4. The van der Waals surface area contributed by atoms with Crippen LogP contribution in [0.25, 0.3) is 0 Å². The SMILES string of the molecule is Cc1ccc(C2(NC(=O)NCC3CCCO3)CC2)cc1. The summed E-state index contributed by atoms with van der Waals surface area (Å²) in [5.41, 5.74) is 2.30. The van der Waals surface area contributed by atoms with Crippen molar-refractivity contribution < 1.29 is 9.53 Å². The van der Waals surface area contributed by atoms with Crippen LogP contribution in [0.3, 0.4) is 0 Å². The third-order valence-corrected chi connectivity index (χ3v) is 4.22. The Bertz CT molecular complexity index is 474. The van der Waals surface area contributed by atoms with Gasteiger partial charge >= 0.3 is 6.03 Å². The maximum absolute atomic E-state index is 12.0. The molecule has 4 nitrogen and oxygen atoms in total. The van der Waals surface area contributed by atoms with E-state index in [1.807, 2.05) is 0 Å². The Morgan fingerprint density at radius 3 is 2.70 bits per heavy atom. The van der Waals surface area contributed by atoms with E-state index >= 15 is 0 Å². The lowest BCUT2D eigenvalue weighted by Crippen LogP contribution is -2.44. The number of benzene rings is 1. The molecule has 1 aromatic rings. The maximum atomic E-state index is 12.0. The number of aryl methyl sites for hydroxylation is 1. The van der Waals surface area contributed by atoms with Gasteiger partial charge in [-0.15, -0.1) is 0 Å². The third-order valence-electron chi connectivity index (χ3n) is 4.22. The molecule has 1 aromatic carbocycles. The number of carbonyl (C=O) groups excluding carboxylic acids is 1. The van der Waals surface area contributed by atoms with E-state index in [2.05, 4.69) is 41.8 Å². The van der Waals surface area contributed by atoms with Gasteiger partial charge in [-0.1, -0.05) is 29.8 Å². The standard InChI is InChI=1S/C16H22N2O2/c1-12-4-6-13(7-5-12)16(8-9-16)18-15(19)17-11-14-3-2-10-20-14/h4-7,14H,2-3,8-11H2,1H3,(H2,17,18,19). The summed E-state index contributed by atoms with van der Waals surface area (Å²) in [6, 6.07) is 8.34. The second-order valence-electron chi connectivity index (χ2n) is 5.92. The highest BCUT2D eigenvalue weighted by Gasteiger charge is 2.45. The van der Waals surface area contributed by atoms with Gasteiger partial charge in [0.25, 0.3) is 0 Å². The lowest BCUT2D eigenvalue weighted by Gasteiger charge is -2.19. The molecule has 0 radical (unpaired) electrons. The van der Waals surface area contributed by atoms with E-state index in [0.29, 0.717) is 6.54 Å². The molecule has 1 saturated carbocycles. The molecular formula is C16H22N2O2. The normalized spacial score (nSPS) is 23.4. The van der Waals surface area contributed by atoms with Crippen LogP contribution >= 0.6 is 0 Å². The van der Waals surface area contributed by atoms with E-state index in [1.54, 1.807) is 0 Å². The van der Waals surface area contributed by atoms with Gasteiger partial charge in [0.05, 0.1) is 11.6 Å². The van der Waals surface area contributed by atoms with Crippen LogP contribution < -0.4 is 10.6 Å². The van der Waals surface area contributed by atoms with E-state index in [9.17, 15) is 4.79 Å². The molecule has 2 aliphatic rings. The molecule has 4 heteroatoms. The Morgan fingerprint density at radius 2 is 2.10 bits per heavy atom. The first-order valence-electron chi connectivity index (χ1n) is 7.43. The summed E-state index contributed by atoms with van der Waals surface area (Å²) >= 11 is 0. The van der Waals surface area contributed by atoms with Crippen molar-refractivity contribution in [3.05, 3.63) is 35.4 Å². The molecule has 0 spiro atoms. The molecule has 1 aliphatic heterocycles. The largest absolute Gasteiger partial charge is 0.376 e. The molecule has 3 rings (SSSR count). The molecule has 2 amide bonds. The minimum atomic E-state index is -0.145. The van der Waals surface area contributed by atoms with Gasteiger partial charge in [0.1, 0.15) is 0 Å². The van der Waals surface area contributed by atoms with Crippen molar-refractivity contribution in [2.45, 2.75) is 44.2 Å². The lowest BCUT2D eigenvalue weighted by molar-refractivity contribution is 0.111. The molecule has 1 aliphatic carbocycles. The van der Waals surface area contributed by atoms with Crippen LogP contribution in [0.2, 0.25) is 0 Å². The zero-order chi connectivity index (χ0) is 14.0. The third kappa shape index (κ3) is 2.96. The number of carbonyl (C=O) groups is 1. The molecule has 1 unspecified atom stereocenters. The van der Waals surface area contributed by atoms with Crippen LogP contribution in [0.4, 0.5) is 4.79 Å². The van der Waals surface area contributed by atoms with Gasteiger partial charge in [-0.25, -0.2) is 4.79 Å². The first-order valence-corrected chi connectivity index (χ1v) is 7.43. The summed E-state index contributed by atoms with van der Waals surface area (Å²) in [5.74, 6) is 0. The van der Waals surface area contributed by atoms with Crippen molar-refractivity contribution in [2.24, 2.45) is 0 Å². The second-order valence-corrected chi connectivity index (χ2v) is 5.92. The molecule has 0 aromatic heterocycles. The Kier molecular flexibility index (Phi) is 3.66. The Balaban J connectivity index is 1.53. The summed E-state index contributed by atoms with van der Waals surface area (Å²) < 4.78 is 5.50. The molecule has 20 heavy (non-hydrogen) atoms. The van der Waals surface area contributed by atoms with Crippen molar-refractivity contribution >= 4 is 6.03 Å². The van der Waals surface area contributed by atoms with Gasteiger partial charge in [0, 0.05) is 13.2 Å². The molecule has 1 saturated heterocycles. The molecule has 2 fully saturated rings. The monoisotopic (exact) mass is 274 g/mol. The van der Waals surface area contributed by atoms with E-state index < -0.39 is 0 Å². The molecule has 2 N–H and O–H groups in total. The highest BCUT2D eigenvalue weighted by atomic mass is 16.5. The van der Waals surface area contributed by atoms with Gasteiger partial charge in [0.15, 0.2) is 0 Å². The van der Waals surface area contributed by atoms with Gasteiger partial charge in [0.2, 0.25) is 0 Å². The Hall–Kier alpha value is -1.55.